The lowest BCUT2D eigenvalue weighted by atomic mass is 10.1. The van der Waals surface area contributed by atoms with Gasteiger partial charge in [0.2, 0.25) is 0 Å². The Hall–Kier alpha value is -2.53. The first-order valence-electron chi connectivity index (χ1n) is 9.05. The van der Waals surface area contributed by atoms with Gasteiger partial charge in [0.05, 0.1) is 29.4 Å². The van der Waals surface area contributed by atoms with Crippen molar-refractivity contribution in [3.63, 3.8) is 0 Å². The molecule has 5 heteroatoms. The molecule has 2 aromatic carbocycles. The van der Waals surface area contributed by atoms with Crippen LogP contribution >= 0.6 is 11.8 Å². The molecule has 0 atom stereocenters. The molecule has 140 valence electrons. The first kappa shape index (κ1) is 19.2. The van der Waals surface area contributed by atoms with E-state index in [0.717, 1.165) is 27.9 Å². The lowest BCUT2D eigenvalue weighted by Crippen LogP contribution is -2.10. The summed E-state index contributed by atoms with van der Waals surface area (Å²) in [5, 5.41) is 4.21. The second-order valence-corrected chi connectivity index (χ2v) is 7.46. The normalized spacial score (nSPS) is 13.0. The Bertz CT molecular complexity index is 903. The van der Waals surface area contributed by atoms with Crippen LogP contribution < -0.4 is 5.32 Å². The van der Waals surface area contributed by atoms with Crippen LogP contribution in [0.4, 0.5) is 11.4 Å². The van der Waals surface area contributed by atoms with Gasteiger partial charge in [0, 0.05) is 11.4 Å². The van der Waals surface area contributed by atoms with Crippen LogP contribution in [0.25, 0.3) is 0 Å². The molecular weight excluding hydrogens is 356 g/mol. The van der Waals surface area contributed by atoms with Crippen LogP contribution in [0.3, 0.4) is 0 Å². The van der Waals surface area contributed by atoms with Crippen molar-refractivity contribution in [1.82, 2.24) is 0 Å². The number of nitrogens with zero attached hydrogens (tertiary/aromatic N) is 1. The number of carbonyl (C=O) groups excluding carboxylic acids is 1. The SMILES string of the molecule is CCOC(=O)CC1=CC(SCc2cc(C)ccc2C)=Nc2ccccc2N1. The number of fused-ring (bicyclic) bond motifs is 1. The maximum absolute atomic E-state index is 12.0. The Balaban J connectivity index is 1.84. The third-order valence-electron chi connectivity index (χ3n) is 4.25. The van der Waals surface area contributed by atoms with Crippen molar-refractivity contribution in [2.75, 3.05) is 11.9 Å². The zero-order chi connectivity index (χ0) is 19.2. The summed E-state index contributed by atoms with van der Waals surface area (Å²) in [6, 6.07) is 14.4. The molecule has 1 heterocycles. The number of hydrogen-bond acceptors (Lipinski definition) is 5. The van der Waals surface area contributed by atoms with Crippen LogP contribution in [0.2, 0.25) is 0 Å². The van der Waals surface area contributed by atoms with E-state index >= 15 is 0 Å². The highest BCUT2D eigenvalue weighted by atomic mass is 32.2. The van der Waals surface area contributed by atoms with Gasteiger partial charge in [-0.15, -0.1) is 11.8 Å². The topological polar surface area (TPSA) is 50.7 Å². The molecule has 27 heavy (non-hydrogen) atoms. The number of anilines is 1. The number of carbonyl (C=O) groups is 1. The fourth-order valence-corrected chi connectivity index (χ4v) is 3.83. The van der Waals surface area contributed by atoms with Crippen LogP contribution in [0.5, 0.6) is 0 Å². The summed E-state index contributed by atoms with van der Waals surface area (Å²) < 4.78 is 5.10. The molecule has 0 aromatic heterocycles. The summed E-state index contributed by atoms with van der Waals surface area (Å²) >= 11 is 1.68. The predicted molar refractivity (Wildman–Crippen MR) is 114 cm³/mol. The lowest BCUT2D eigenvalue weighted by Gasteiger charge is -2.10. The minimum absolute atomic E-state index is 0.200. The van der Waals surface area contributed by atoms with Gasteiger partial charge in [0.25, 0.3) is 0 Å². The van der Waals surface area contributed by atoms with E-state index in [-0.39, 0.29) is 12.4 Å². The standard InChI is InChI=1S/C22H24N2O2S/c1-4-26-22(25)13-18-12-21(24-20-8-6-5-7-19(20)23-18)27-14-17-11-15(2)9-10-16(17)3/h5-12,23H,4,13-14H2,1-3H3. The van der Waals surface area contributed by atoms with Crippen molar-refractivity contribution >= 4 is 34.1 Å². The highest BCUT2D eigenvalue weighted by molar-refractivity contribution is 8.13. The summed E-state index contributed by atoms with van der Waals surface area (Å²) in [7, 11) is 0. The number of aliphatic imine (C=N–C) groups is 1. The Morgan fingerprint density at radius 2 is 2.00 bits per heavy atom. The fraction of sp³-hybridized carbons (Fsp3) is 0.273. The second-order valence-electron chi connectivity index (χ2n) is 6.46. The number of benzene rings is 2. The first-order valence-corrected chi connectivity index (χ1v) is 10.0. The van der Waals surface area contributed by atoms with Gasteiger partial charge < -0.3 is 10.1 Å². The smallest absolute Gasteiger partial charge is 0.311 e. The Morgan fingerprint density at radius 3 is 2.81 bits per heavy atom. The number of aryl methyl sites for hydroxylation is 2. The van der Waals surface area contributed by atoms with Gasteiger partial charge in [-0.05, 0) is 50.1 Å². The molecule has 0 aliphatic carbocycles. The van der Waals surface area contributed by atoms with Gasteiger partial charge in [-0.25, -0.2) is 4.99 Å². The summed E-state index contributed by atoms with van der Waals surface area (Å²) in [6.45, 7) is 6.43. The zero-order valence-corrected chi connectivity index (χ0v) is 16.7. The van der Waals surface area contributed by atoms with Crippen LogP contribution in [-0.4, -0.2) is 17.6 Å². The molecule has 0 radical (unpaired) electrons. The maximum Gasteiger partial charge on any atom is 0.311 e. The van der Waals surface area contributed by atoms with E-state index in [4.69, 9.17) is 9.73 Å². The summed E-state index contributed by atoms with van der Waals surface area (Å²) in [5.41, 5.74) is 6.40. The molecule has 4 nitrogen and oxygen atoms in total. The Morgan fingerprint density at radius 1 is 1.19 bits per heavy atom. The molecule has 0 saturated carbocycles. The quantitative estimate of drug-likeness (QED) is 0.693. The molecular formula is C22H24N2O2S. The molecule has 2 aromatic rings. The van der Waals surface area contributed by atoms with E-state index < -0.39 is 0 Å². The van der Waals surface area contributed by atoms with Crippen molar-refractivity contribution < 1.29 is 9.53 Å². The molecule has 0 spiro atoms. The van der Waals surface area contributed by atoms with Crippen LogP contribution in [0.1, 0.15) is 30.0 Å². The lowest BCUT2D eigenvalue weighted by molar-refractivity contribution is -0.142. The average molecular weight is 381 g/mol. The Kier molecular flexibility index (Phi) is 6.35. The molecule has 1 aliphatic heterocycles. The molecule has 1 aliphatic rings. The second kappa shape index (κ2) is 8.91. The first-order chi connectivity index (χ1) is 13.0. The minimum atomic E-state index is -0.241. The van der Waals surface area contributed by atoms with Crippen molar-refractivity contribution in [3.8, 4) is 0 Å². The average Bonchev–Trinajstić information content (AvgIpc) is 2.81. The van der Waals surface area contributed by atoms with Gasteiger partial charge in [-0.1, -0.05) is 35.9 Å². The van der Waals surface area contributed by atoms with Crippen molar-refractivity contribution in [3.05, 3.63) is 70.9 Å². The van der Waals surface area contributed by atoms with Crippen molar-refractivity contribution in [2.24, 2.45) is 4.99 Å². The van der Waals surface area contributed by atoms with E-state index in [0.29, 0.717) is 6.61 Å². The van der Waals surface area contributed by atoms with Crippen LogP contribution in [-0.2, 0) is 15.3 Å². The molecule has 0 fully saturated rings. The van der Waals surface area contributed by atoms with Crippen LogP contribution in [0, 0.1) is 13.8 Å². The predicted octanol–water partition coefficient (Wildman–Crippen LogP) is 5.53. The van der Waals surface area contributed by atoms with E-state index in [1.807, 2.05) is 37.3 Å². The van der Waals surface area contributed by atoms with Gasteiger partial charge >= 0.3 is 5.97 Å². The van der Waals surface area contributed by atoms with Crippen molar-refractivity contribution in [2.45, 2.75) is 32.9 Å². The monoisotopic (exact) mass is 380 g/mol. The zero-order valence-electron chi connectivity index (χ0n) is 15.9. The number of nitrogens with one attached hydrogen (secondary N) is 1. The summed E-state index contributed by atoms with van der Waals surface area (Å²) in [4.78, 5) is 16.8. The number of ether oxygens (including phenoxy) is 1. The van der Waals surface area contributed by atoms with E-state index in [1.165, 1.54) is 16.7 Å². The largest absolute Gasteiger partial charge is 0.466 e. The third-order valence-corrected chi connectivity index (χ3v) is 5.21. The van der Waals surface area contributed by atoms with Gasteiger partial charge in [0.15, 0.2) is 0 Å². The number of para-hydroxylation sites is 2. The van der Waals surface area contributed by atoms with Crippen LogP contribution in [0.15, 0.2) is 59.2 Å². The van der Waals surface area contributed by atoms with Gasteiger partial charge in [0.1, 0.15) is 0 Å². The Labute approximate surface area is 164 Å². The number of esters is 1. The number of thioether (sulfide) groups is 1. The molecule has 1 N–H and O–H groups in total. The highest BCUT2D eigenvalue weighted by Crippen LogP contribution is 2.32. The summed E-state index contributed by atoms with van der Waals surface area (Å²) in [6.07, 6.45) is 2.15. The van der Waals surface area contributed by atoms with E-state index in [2.05, 4.69) is 37.4 Å². The molecule has 0 saturated heterocycles. The van der Waals surface area contributed by atoms with E-state index in [1.54, 1.807) is 11.8 Å². The number of rotatable bonds is 5. The molecule has 0 bridgehead atoms. The summed E-state index contributed by atoms with van der Waals surface area (Å²) in [5.74, 6) is 0.590. The van der Waals surface area contributed by atoms with Gasteiger partial charge in [-0.3, -0.25) is 4.79 Å². The van der Waals surface area contributed by atoms with E-state index in [9.17, 15) is 4.79 Å². The molecule has 0 amide bonds. The third kappa shape index (κ3) is 5.23. The van der Waals surface area contributed by atoms with Crippen molar-refractivity contribution in [1.29, 1.82) is 0 Å². The maximum atomic E-state index is 12.0. The van der Waals surface area contributed by atoms with Gasteiger partial charge in [-0.2, -0.15) is 0 Å². The molecule has 3 rings (SSSR count). The minimum Gasteiger partial charge on any atom is -0.466 e. The molecule has 0 unspecified atom stereocenters. The number of hydrogen-bond donors (Lipinski definition) is 1. The fourth-order valence-electron chi connectivity index (χ4n) is 2.83. The highest BCUT2D eigenvalue weighted by Gasteiger charge is 2.15.